The molecule has 0 aliphatic carbocycles. The van der Waals surface area contributed by atoms with Crippen molar-refractivity contribution in [3.05, 3.63) is 0 Å². The van der Waals surface area contributed by atoms with Crippen LogP contribution in [0.2, 0.25) is 0 Å². The Kier molecular flexibility index (Phi) is 5.90. The second-order valence-electron chi connectivity index (χ2n) is 0.338. The molecule has 0 bridgehead atoms. The summed E-state index contributed by atoms with van der Waals surface area (Å²) in [6, 6.07) is 0. The van der Waals surface area contributed by atoms with Gasteiger partial charge in [-0.05, 0) is 0 Å². The molecule has 0 aromatic carbocycles. The zero-order valence-electron chi connectivity index (χ0n) is 1.93. The minimum atomic E-state index is -1.33. The van der Waals surface area contributed by atoms with E-state index in [0.717, 1.165) is 0 Å². The molecule has 0 spiro atoms. The van der Waals surface area contributed by atoms with Crippen molar-refractivity contribution in [2.24, 2.45) is 5.73 Å². The average Bonchev–Trinajstić information content (AvgIpc) is 0.811. The Labute approximate surface area is 31.4 Å². The van der Waals surface area contributed by atoms with E-state index in [1.807, 2.05) is 0 Å². The summed E-state index contributed by atoms with van der Waals surface area (Å²) in [6.45, 7) is 0. The molecule has 0 radical (unpaired) electrons. The smallest absolute Gasteiger partial charge is 0.402 e. The van der Waals surface area contributed by atoms with Gasteiger partial charge in [0.25, 0.3) is 0 Å². The van der Waals surface area contributed by atoms with Gasteiger partial charge in [-0.1, -0.05) is 0 Å². The van der Waals surface area contributed by atoms with Crippen LogP contribution in [0.4, 0.5) is 4.79 Å². The molecule has 0 saturated carbocycles. The van der Waals surface area contributed by atoms with E-state index in [2.05, 4.69) is 5.73 Å². The monoisotopic (exact) mass is 75.0 g/mol. The molecule has 0 rings (SSSR count). The molecule has 0 aliphatic rings. The van der Waals surface area contributed by atoms with Gasteiger partial charge in [-0.15, -0.1) is 0 Å². The van der Waals surface area contributed by atoms with Gasteiger partial charge < -0.3 is 10.8 Å². The lowest BCUT2D eigenvalue weighted by atomic mass is 10.8. The Morgan fingerprint density at radius 1 is 1.80 bits per heavy atom. The summed E-state index contributed by atoms with van der Waals surface area (Å²) in [7, 11) is 0. The number of hydrogen-bond donors (Lipinski definition) is 2. The topological polar surface area (TPSA) is 63.3 Å². The third-order valence-electron chi connectivity index (χ3n) is 0. The lowest BCUT2D eigenvalue weighted by molar-refractivity contribution is 0.205. The Morgan fingerprint density at radius 2 is 1.80 bits per heavy atom. The molecule has 1 amide bonds. The third-order valence-corrected chi connectivity index (χ3v) is 0. The van der Waals surface area contributed by atoms with E-state index in [1.54, 1.807) is 0 Å². The van der Waals surface area contributed by atoms with Gasteiger partial charge in [-0.3, -0.25) is 0 Å². The molecule has 30 valence electrons. The highest BCUT2D eigenvalue weighted by atomic mass is 16.4. The van der Waals surface area contributed by atoms with Crippen molar-refractivity contribution in [3.63, 3.8) is 0 Å². The number of nitrogens with two attached hydrogens (primary N) is 1. The van der Waals surface area contributed by atoms with Crippen LogP contribution >= 0.6 is 0 Å². The summed E-state index contributed by atoms with van der Waals surface area (Å²) in [5.74, 6) is 0. The van der Waals surface area contributed by atoms with Crippen LogP contribution in [-0.4, -0.2) is 19.6 Å². The lowest BCUT2D eigenvalue weighted by Gasteiger charge is -1.61. The predicted molar refractivity (Wildman–Crippen MR) is 22.2 cm³/mol. The first-order valence-corrected chi connectivity index (χ1v) is 0.716. The van der Waals surface area contributed by atoms with E-state index in [0.29, 0.717) is 0 Å². The fourth-order valence-electron chi connectivity index (χ4n) is 0. The zero-order chi connectivity index (χ0) is 3.58. The minimum Gasteiger partial charge on any atom is -0.465 e. The van der Waals surface area contributed by atoms with E-state index in [1.165, 1.54) is 0 Å². The van der Waals surface area contributed by atoms with Crippen LogP contribution < -0.4 is 5.73 Å². The summed E-state index contributed by atoms with van der Waals surface area (Å²) in [6.07, 6.45) is -1.33. The van der Waals surface area contributed by atoms with E-state index in [-0.39, 0.29) is 8.41 Å². The summed E-state index contributed by atoms with van der Waals surface area (Å²) < 4.78 is 0. The van der Waals surface area contributed by atoms with Gasteiger partial charge in [0.2, 0.25) is 0 Å². The van der Waals surface area contributed by atoms with Crippen LogP contribution in [0.3, 0.4) is 0 Å². The van der Waals surface area contributed by atoms with Crippen molar-refractivity contribution in [3.8, 4) is 0 Å². The van der Waals surface area contributed by atoms with Crippen molar-refractivity contribution in [1.29, 1.82) is 0 Å². The number of carbonyl (C=O) groups is 1. The number of rotatable bonds is 0. The van der Waals surface area contributed by atoms with Gasteiger partial charge in [0.15, 0.2) is 0 Å². The van der Waals surface area contributed by atoms with Gasteiger partial charge in [0, 0.05) is 0 Å². The molecule has 0 aromatic heterocycles. The maximum Gasteiger partial charge on any atom is 0.402 e. The highest BCUT2D eigenvalue weighted by Gasteiger charge is 1.65. The standard InChI is InChI=1S/CH3NO2.BH3/c2-1(3)4;/h2H2,(H,3,4);1H3. The van der Waals surface area contributed by atoms with E-state index >= 15 is 0 Å². The molecular weight excluding hydrogens is 68.8 g/mol. The zero-order valence-corrected chi connectivity index (χ0v) is 1.93. The van der Waals surface area contributed by atoms with Crippen LogP contribution in [0, 0.1) is 0 Å². The molecule has 0 fully saturated rings. The molecule has 0 aromatic rings. The maximum absolute atomic E-state index is 8.78. The number of primary amides is 1. The Hall–Kier alpha value is -0.665. The number of amides is 1. The second-order valence-corrected chi connectivity index (χ2v) is 0.338. The fourth-order valence-corrected chi connectivity index (χ4v) is 0. The quantitative estimate of drug-likeness (QED) is 0.342. The number of hydrogen-bond acceptors (Lipinski definition) is 1. The van der Waals surface area contributed by atoms with Crippen LogP contribution in [0.25, 0.3) is 0 Å². The first kappa shape index (κ1) is 8.84. The van der Waals surface area contributed by atoms with Gasteiger partial charge in [-0.25, -0.2) is 4.79 Å². The Bertz CT molecular complexity index is 32.6. The van der Waals surface area contributed by atoms with Crippen molar-refractivity contribution < 1.29 is 9.90 Å². The Morgan fingerprint density at radius 3 is 1.80 bits per heavy atom. The molecule has 0 saturated heterocycles. The predicted octanol–water partition coefficient (Wildman–Crippen LogP) is -1.56. The first-order valence-electron chi connectivity index (χ1n) is 0.716. The van der Waals surface area contributed by atoms with Gasteiger partial charge in [0.05, 0.1) is 8.41 Å². The Balaban J connectivity index is 0. The van der Waals surface area contributed by atoms with Crippen LogP contribution in [-0.2, 0) is 0 Å². The minimum absolute atomic E-state index is 0. The molecule has 4 heteroatoms. The average molecular weight is 74.9 g/mol. The summed E-state index contributed by atoms with van der Waals surface area (Å²) in [4.78, 5) is 8.78. The largest absolute Gasteiger partial charge is 0.465 e. The van der Waals surface area contributed by atoms with E-state index in [4.69, 9.17) is 9.90 Å². The molecule has 0 atom stereocenters. The fraction of sp³-hybridized carbons (Fsp3) is 0. The van der Waals surface area contributed by atoms with Crippen LogP contribution in [0.1, 0.15) is 0 Å². The van der Waals surface area contributed by atoms with Gasteiger partial charge >= 0.3 is 6.09 Å². The van der Waals surface area contributed by atoms with Gasteiger partial charge in [0.1, 0.15) is 0 Å². The van der Waals surface area contributed by atoms with Crippen molar-refractivity contribution in [2.45, 2.75) is 0 Å². The summed E-state index contributed by atoms with van der Waals surface area (Å²) in [5.41, 5.74) is 4.03. The van der Waals surface area contributed by atoms with Crippen molar-refractivity contribution in [1.82, 2.24) is 0 Å². The van der Waals surface area contributed by atoms with Crippen molar-refractivity contribution in [2.75, 3.05) is 0 Å². The molecule has 5 heavy (non-hydrogen) atoms. The third kappa shape index (κ3) is 13.4. The summed E-state index contributed by atoms with van der Waals surface area (Å²) >= 11 is 0. The SMILES string of the molecule is B.NC(=O)O. The van der Waals surface area contributed by atoms with Gasteiger partial charge in [-0.2, -0.15) is 0 Å². The molecule has 0 heterocycles. The molecule has 3 nitrogen and oxygen atoms in total. The van der Waals surface area contributed by atoms with Crippen molar-refractivity contribution >= 4 is 14.5 Å². The van der Waals surface area contributed by atoms with Crippen LogP contribution in [0.5, 0.6) is 0 Å². The first-order chi connectivity index (χ1) is 1.73. The molecule has 0 unspecified atom stereocenters. The molecule has 3 N–H and O–H groups in total. The summed E-state index contributed by atoms with van der Waals surface area (Å²) in [5, 5.41) is 7.19. The lowest BCUT2D eigenvalue weighted by Crippen LogP contribution is -2.03. The molecular formula is CH6BNO2. The van der Waals surface area contributed by atoms with E-state index < -0.39 is 6.09 Å². The highest BCUT2D eigenvalue weighted by molar-refractivity contribution is 5.75. The highest BCUT2D eigenvalue weighted by Crippen LogP contribution is 1.34. The number of carboxylic acid groups (broad SMARTS) is 1. The normalized spacial score (nSPS) is 4.80. The van der Waals surface area contributed by atoms with Crippen LogP contribution in [0.15, 0.2) is 0 Å². The molecule has 0 aliphatic heterocycles. The second kappa shape index (κ2) is 3.33. The van der Waals surface area contributed by atoms with E-state index in [9.17, 15) is 0 Å². The maximum atomic E-state index is 8.78.